The smallest absolute Gasteiger partial charge is 0.273 e. The second kappa shape index (κ2) is 8.31. The van der Waals surface area contributed by atoms with Gasteiger partial charge in [-0.2, -0.15) is 0 Å². The topological polar surface area (TPSA) is 73.6 Å². The first-order chi connectivity index (χ1) is 12.1. The maximum Gasteiger partial charge on any atom is 0.273 e. The summed E-state index contributed by atoms with van der Waals surface area (Å²) in [5.74, 6) is -0.250. The number of halogens is 2. The van der Waals surface area contributed by atoms with Gasteiger partial charge in [0, 0.05) is 13.2 Å². The fraction of sp³-hybridized carbons (Fsp3) is 0.412. The molecule has 1 amide bonds. The van der Waals surface area contributed by atoms with Crippen LogP contribution in [0.15, 0.2) is 28.9 Å². The molecule has 1 atom stereocenters. The van der Waals surface area contributed by atoms with Crippen LogP contribution in [0.3, 0.4) is 0 Å². The van der Waals surface area contributed by atoms with Crippen LogP contribution in [-0.2, 0) is 11.3 Å². The molecule has 0 radical (unpaired) electrons. The van der Waals surface area contributed by atoms with Crippen LogP contribution in [0.4, 0.5) is 4.39 Å². The summed E-state index contributed by atoms with van der Waals surface area (Å²) in [5.41, 5.74) is 0.166. The SMILES string of the molecule is O=C(NC[C@@H]1CCCCO1)c1coc(COc2ccc(F)cc2Cl)n1. The molecule has 0 spiro atoms. The molecule has 1 aliphatic heterocycles. The first kappa shape index (κ1) is 17.7. The maximum atomic E-state index is 13.0. The molecular formula is C17H18ClFN2O4. The zero-order valence-electron chi connectivity index (χ0n) is 13.5. The van der Waals surface area contributed by atoms with Gasteiger partial charge in [0.2, 0.25) is 5.89 Å². The van der Waals surface area contributed by atoms with Gasteiger partial charge in [-0.3, -0.25) is 4.79 Å². The van der Waals surface area contributed by atoms with Crippen LogP contribution in [0, 0.1) is 5.82 Å². The van der Waals surface area contributed by atoms with Crippen LogP contribution in [0.25, 0.3) is 0 Å². The van der Waals surface area contributed by atoms with Gasteiger partial charge in [0.25, 0.3) is 5.91 Å². The number of carbonyl (C=O) groups excluding carboxylic acids is 1. The lowest BCUT2D eigenvalue weighted by molar-refractivity contribution is 0.0168. The molecule has 25 heavy (non-hydrogen) atoms. The third-order valence-corrected chi connectivity index (χ3v) is 4.09. The highest BCUT2D eigenvalue weighted by Gasteiger charge is 2.17. The Balaban J connectivity index is 1.50. The molecule has 1 saturated heterocycles. The van der Waals surface area contributed by atoms with Gasteiger partial charge in [-0.15, -0.1) is 0 Å². The number of carbonyl (C=O) groups is 1. The van der Waals surface area contributed by atoms with E-state index in [1.165, 1.54) is 18.4 Å². The number of oxazole rings is 1. The number of nitrogens with zero attached hydrogens (tertiary/aromatic N) is 1. The number of nitrogens with one attached hydrogen (secondary N) is 1. The minimum atomic E-state index is -0.450. The standard InChI is InChI=1S/C17H18ClFN2O4/c18-13-7-11(19)4-5-15(13)24-10-16-21-14(9-25-16)17(22)20-8-12-3-1-2-6-23-12/h4-5,7,9,12H,1-3,6,8,10H2,(H,20,22)/t12-/m0/s1. The van der Waals surface area contributed by atoms with Gasteiger partial charge in [-0.05, 0) is 37.5 Å². The van der Waals surface area contributed by atoms with E-state index < -0.39 is 5.82 Å². The summed E-state index contributed by atoms with van der Waals surface area (Å²) in [4.78, 5) is 16.1. The lowest BCUT2D eigenvalue weighted by Crippen LogP contribution is -2.35. The molecule has 1 aromatic heterocycles. The Morgan fingerprint density at radius 1 is 1.44 bits per heavy atom. The normalized spacial score (nSPS) is 17.3. The fourth-order valence-corrected chi connectivity index (χ4v) is 2.70. The molecule has 0 bridgehead atoms. The van der Waals surface area contributed by atoms with Gasteiger partial charge in [0.15, 0.2) is 12.3 Å². The van der Waals surface area contributed by atoms with Crippen molar-refractivity contribution >= 4 is 17.5 Å². The number of hydrogen-bond donors (Lipinski definition) is 1. The van der Waals surface area contributed by atoms with Crippen molar-refractivity contribution in [2.45, 2.75) is 32.0 Å². The van der Waals surface area contributed by atoms with Crippen molar-refractivity contribution < 1.29 is 23.1 Å². The Morgan fingerprint density at radius 3 is 3.08 bits per heavy atom. The van der Waals surface area contributed by atoms with Crippen LogP contribution in [0.5, 0.6) is 5.75 Å². The van der Waals surface area contributed by atoms with E-state index in [9.17, 15) is 9.18 Å². The predicted octanol–water partition coefficient (Wildman–Crippen LogP) is 3.35. The number of ether oxygens (including phenoxy) is 2. The highest BCUT2D eigenvalue weighted by Crippen LogP contribution is 2.25. The average molecular weight is 369 g/mol. The lowest BCUT2D eigenvalue weighted by atomic mass is 10.1. The van der Waals surface area contributed by atoms with E-state index in [0.29, 0.717) is 12.3 Å². The van der Waals surface area contributed by atoms with Crippen LogP contribution in [0.2, 0.25) is 5.02 Å². The first-order valence-corrected chi connectivity index (χ1v) is 8.41. The predicted molar refractivity (Wildman–Crippen MR) is 88.2 cm³/mol. The summed E-state index contributed by atoms with van der Waals surface area (Å²) >= 11 is 5.87. The summed E-state index contributed by atoms with van der Waals surface area (Å²) in [6.07, 6.45) is 4.43. The molecule has 0 unspecified atom stereocenters. The molecular weight excluding hydrogens is 351 g/mol. The average Bonchev–Trinajstić information content (AvgIpc) is 3.09. The van der Waals surface area contributed by atoms with Gasteiger partial charge in [-0.1, -0.05) is 11.6 Å². The van der Waals surface area contributed by atoms with Gasteiger partial charge < -0.3 is 19.2 Å². The second-order valence-corrected chi connectivity index (χ2v) is 6.10. The highest BCUT2D eigenvalue weighted by atomic mass is 35.5. The van der Waals surface area contributed by atoms with E-state index in [1.807, 2.05) is 0 Å². The molecule has 0 aliphatic carbocycles. The largest absolute Gasteiger partial charge is 0.482 e. The van der Waals surface area contributed by atoms with E-state index in [2.05, 4.69) is 10.3 Å². The molecule has 3 rings (SSSR count). The molecule has 1 aliphatic rings. The third-order valence-electron chi connectivity index (χ3n) is 3.79. The maximum absolute atomic E-state index is 13.0. The van der Waals surface area contributed by atoms with Gasteiger partial charge in [0.05, 0.1) is 11.1 Å². The Bertz CT molecular complexity index is 731. The first-order valence-electron chi connectivity index (χ1n) is 8.04. The van der Waals surface area contributed by atoms with E-state index in [1.54, 1.807) is 0 Å². The van der Waals surface area contributed by atoms with Crippen LogP contribution < -0.4 is 10.1 Å². The third kappa shape index (κ3) is 4.93. The van der Waals surface area contributed by atoms with Crippen molar-refractivity contribution in [3.8, 4) is 5.75 Å². The minimum absolute atomic E-state index is 0.0234. The molecule has 1 aromatic carbocycles. The number of aromatic nitrogens is 1. The zero-order valence-corrected chi connectivity index (χ0v) is 14.2. The second-order valence-electron chi connectivity index (χ2n) is 5.69. The van der Waals surface area contributed by atoms with Gasteiger partial charge >= 0.3 is 0 Å². The van der Waals surface area contributed by atoms with Crippen molar-refractivity contribution in [2.24, 2.45) is 0 Å². The number of benzene rings is 1. The number of rotatable bonds is 6. The quantitative estimate of drug-likeness (QED) is 0.846. The summed E-state index contributed by atoms with van der Waals surface area (Å²) in [5, 5.41) is 2.93. The summed E-state index contributed by atoms with van der Waals surface area (Å²) in [7, 11) is 0. The van der Waals surface area contributed by atoms with E-state index in [0.717, 1.165) is 31.9 Å². The Kier molecular flexibility index (Phi) is 5.88. The molecule has 0 saturated carbocycles. The van der Waals surface area contributed by atoms with Crippen LogP contribution in [0.1, 0.15) is 35.6 Å². The summed E-state index contributed by atoms with van der Waals surface area (Å²) < 4.78 is 29.2. The molecule has 8 heteroatoms. The van der Waals surface area contributed by atoms with Gasteiger partial charge in [0.1, 0.15) is 17.8 Å². The molecule has 6 nitrogen and oxygen atoms in total. The van der Waals surface area contributed by atoms with Crippen molar-refractivity contribution in [1.82, 2.24) is 10.3 Å². The van der Waals surface area contributed by atoms with Crippen LogP contribution in [-0.4, -0.2) is 30.1 Å². The molecule has 2 heterocycles. The summed E-state index contributed by atoms with van der Waals surface area (Å²) in [6.45, 7) is 1.16. The van der Waals surface area contributed by atoms with Crippen molar-refractivity contribution in [1.29, 1.82) is 0 Å². The monoisotopic (exact) mass is 368 g/mol. The molecule has 2 aromatic rings. The highest BCUT2D eigenvalue weighted by molar-refractivity contribution is 6.32. The molecule has 1 N–H and O–H groups in total. The Morgan fingerprint density at radius 2 is 2.32 bits per heavy atom. The number of amides is 1. The fourth-order valence-electron chi connectivity index (χ4n) is 2.48. The van der Waals surface area contributed by atoms with Crippen molar-refractivity contribution in [3.63, 3.8) is 0 Å². The lowest BCUT2D eigenvalue weighted by Gasteiger charge is -2.22. The van der Waals surface area contributed by atoms with Crippen LogP contribution >= 0.6 is 11.6 Å². The molecule has 134 valence electrons. The van der Waals surface area contributed by atoms with Gasteiger partial charge in [-0.25, -0.2) is 9.37 Å². The zero-order chi connectivity index (χ0) is 17.6. The minimum Gasteiger partial charge on any atom is -0.482 e. The Labute approximate surface area is 149 Å². The van der Waals surface area contributed by atoms with E-state index in [-0.39, 0.29) is 35.2 Å². The molecule has 1 fully saturated rings. The van der Waals surface area contributed by atoms with Crippen molar-refractivity contribution in [2.75, 3.05) is 13.2 Å². The van der Waals surface area contributed by atoms with Crippen molar-refractivity contribution in [3.05, 3.63) is 46.9 Å². The van der Waals surface area contributed by atoms with E-state index >= 15 is 0 Å². The Hall–Kier alpha value is -2.12. The summed E-state index contributed by atoms with van der Waals surface area (Å²) in [6, 6.07) is 3.81. The van der Waals surface area contributed by atoms with E-state index in [4.69, 9.17) is 25.5 Å². The number of hydrogen-bond acceptors (Lipinski definition) is 5.